The Morgan fingerprint density at radius 1 is 1.26 bits per heavy atom. The van der Waals surface area contributed by atoms with Crippen molar-refractivity contribution < 1.29 is 9.90 Å². The van der Waals surface area contributed by atoms with Gasteiger partial charge in [-0.1, -0.05) is 0 Å². The molecule has 2 heterocycles. The summed E-state index contributed by atoms with van der Waals surface area (Å²) in [6.45, 7) is 5.69. The molecule has 2 fully saturated rings. The average molecular weight is 269 g/mol. The third kappa shape index (κ3) is 4.44. The number of aliphatic hydroxyl groups is 1. The van der Waals surface area contributed by atoms with Crippen molar-refractivity contribution >= 4 is 5.91 Å². The molecular weight excluding hydrogens is 242 g/mol. The van der Waals surface area contributed by atoms with Crippen LogP contribution in [0.4, 0.5) is 0 Å². The number of carbonyl (C=O) groups excluding carboxylic acids is 1. The molecule has 0 bridgehead atoms. The molecule has 2 rings (SSSR count). The second kappa shape index (κ2) is 6.20. The van der Waals surface area contributed by atoms with Crippen LogP contribution in [0.1, 0.15) is 39.0 Å². The first-order valence-electron chi connectivity index (χ1n) is 7.44. The van der Waals surface area contributed by atoms with Gasteiger partial charge in [0.1, 0.15) is 0 Å². The summed E-state index contributed by atoms with van der Waals surface area (Å²) in [6.07, 6.45) is 4.34. The molecule has 0 aromatic rings. The zero-order valence-corrected chi connectivity index (χ0v) is 12.0. The highest BCUT2D eigenvalue weighted by molar-refractivity contribution is 5.78. The number of hydrogen-bond donors (Lipinski definition) is 2. The number of carbonyl (C=O) groups is 1. The quantitative estimate of drug-likeness (QED) is 0.750. The Morgan fingerprint density at radius 3 is 2.63 bits per heavy atom. The highest BCUT2D eigenvalue weighted by Gasteiger charge is 2.28. The molecule has 2 aliphatic rings. The summed E-state index contributed by atoms with van der Waals surface area (Å²) in [5.74, 6) is 0.202. The van der Waals surface area contributed by atoms with Gasteiger partial charge in [-0.25, -0.2) is 0 Å². The van der Waals surface area contributed by atoms with Gasteiger partial charge in [0.15, 0.2) is 0 Å². The van der Waals surface area contributed by atoms with E-state index in [0.29, 0.717) is 25.6 Å². The third-order valence-electron chi connectivity index (χ3n) is 4.41. The average Bonchev–Trinajstić information content (AvgIpc) is 2.53. The number of piperidine rings is 1. The van der Waals surface area contributed by atoms with Gasteiger partial charge in [-0.05, 0) is 39.0 Å². The minimum Gasteiger partial charge on any atom is -0.390 e. The van der Waals surface area contributed by atoms with E-state index in [0.717, 1.165) is 45.3 Å². The van der Waals surface area contributed by atoms with Gasteiger partial charge in [-0.2, -0.15) is 0 Å². The molecule has 5 heteroatoms. The molecule has 0 saturated carbocycles. The van der Waals surface area contributed by atoms with E-state index in [4.69, 9.17) is 5.73 Å². The van der Waals surface area contributed by atoms with Gasteiger partial charge in [0.25, 0.3) is 0 Å². The van der Waals surface area contributed by atoms with E-state index in [9.17, 15) is 9.90 Å². The SMILES string of the molecule is CC1(O)CCCN(C(=O)CN2CCC(N)CC2)CC1. The fourth-order valence-electron chi connectivity index (χ4n) is 2.92. The summed E-state index contributed by atoms with van der Waals surface area (Å²) in [5, 5.41) is 10.0. The van der Waals surface area contributed by atoms with Crippen LogP contribution in [0.15, 0.2) is 0 Å². The summed E-state index contributed by atoms with van der Waals surface area (Å²) in [6, 6.07) is 0.305. The summed E-state index contributed by atoms with van der Waals surface area (Å²) in [5.41, 5.74) is 5.27. The standard InChI is InChI=1S/C14H27N3O2/c1-14(19)5-2-7-17(10-6-14)13(18)11-16-8-3-12(15)4-9-16/h12,19H,2-11,15H2,1H3. The van der Waals surface area contributed by atoms with Crippen LogP contribution in [0.2, 0.25) is 0 Å². The highest BCUT2D eigenvalue weighted by Crippen LogP contribution is 2.21. The molecule has 0 aliphatic carbocycles. The van der Waals surface area contributed by atoms with Gasteiger partial charge >= 0.3 is 0 Å². The van der Waals surface area contributed by atoms with Crippen molar-refractivity contribution in [3.63, 3.8) is 0 Å². The summed E-state index contributed by atoms with van der Waals surface area (Å²) in [7, 11) is 0. The monoisotopic (exact) mass is 269 g/mol. The number of hydrogen-bond acceptors (Lipinski definition) is 4. The highest BCUT2D eigenvalue weighted by atomic mass is 16.3. The lowest BCUT2D eigenvalue weighted by molar-refractivity contribution is -0.132. The molecule has 0 aromatic carbocycles. The number of likely N-dealkylation sites (tertiary alicyclic amines) is 2. The molecule has 1 atom stereocenters. The Labute approximate surface area is 115 Å². The number of amides is 1. The minimum atomic E-state index is -0.604. The molecule has 0 spiro atoms. The Kier molecular flexibility index (Phi) is 4.81. The number of nitrogens with zero attached hydrogens (tertiary/aromatic N) is 2. The zero-order valence-electron chi connectivity index (χ0n) is 12.0. The van der Waals surface area contributed by atoms with E-state index in [1.165, 1.54) is 0 Å². The predicted octanol–water partition coefficient (Wildman–Crippen LogP) is 0.173. The smallest absolute Gasteiger partial charge is 0.236 e. The topological polar surface area (TPSA) is 69.8 Å². The van der Waals surface area contributed by atoms with Gasteiger partial charge < -0.3 is 15.7 Å². The van der Waals surface area contributed by atoms with Crippen molar-refractivity contribution in [2.24, 2.45) is 5.73 Å². The largest absolute Gasteiger partial charge is 0.390 e. The molecule has 2 aliphatic heterocycles. The van der Waals surface area contributed by atoms with Crippen LogP contribution < -0.4 is 5.73 Å². The normalized spacial score (nSPS) is 31.2. The Morgan fingerprint density at radius 2 is 1.95 bits per heavy atom. The van der Waals surface area contributed by atoms with E-state index >= 15 is 0 Å². The predicted molar refractivity (Wildman–Crippen MR) is 74.7 cm³/mol. The van der Waals surface area contributed by atoms with Crippen molar-refractivity contribution in [3.05, 3.63) is 0 Å². The maximum atomic E-state index is 12.3. The molecule has 0 aromatic heterocycles. The Bertz CT molecular complexity index is 312. The van der Waals surface area contributed by atoms with E-state index in [2.05, 4.69) is 4.90 Å². The Balaban J connectivity index is 1.79. The fourth-order valence-corrected chi connectivity index (χ4v) is 2.92. The van der Waals surface area contributed by atoms with Crippen LogP contribution in [0.25, 0.3) is 0 Å². The first-order chi connectivity index (χ1) is 8.96. The number of nitrogens with two attached hydrogens (primary N) is 1. The summed E-state index contributed by atoms with van der Waals surface area (Å²) < 4.78 is 0. The van der Waals surface area contributed by atoms with E-state index < -0.39 is 5.60 Å². The molecule has 5 nitrogen and oxygen atoms in total. The van der Waals surface area contributed by atoms with Crippen molar-refractivity contribution in [1.29, 1.82) is 0 Å². The molecule has 1 amide bonds. The van der Waals surface area contributed by atoms with Crippen LogP contribution >= 0.6 is 0 Å². The van der Waals surface area contributed by atoms with Crippen LogP contribution in [0, 0.1) is 0 Å². The van der Waals surface area contributed by atoms with Gasteiger partial charge in [-0.3, -0.25) is 9.69 Å². The summed E-state index contributed by atoms with van der Waals surface area (Å²) in [4.78, 5) is 16.4. The van der Waals surface area contributed by atoms with Gasteiger partial charge in [0.05, 0.1) is 12.1 Å². The fraction of sp³-hybridized carbons (Fsp3) is 0.929. The van der Waals surface area contributed by atoms with Gasteiger partial charge in [0.2, 0.25) is 5.91 Å². The van der Waals surface area contributed by atoms with Crippen molar-refractivity contribution in [3.8, 4) is 0 Å². The first-order valence-corrected chi connectivity index (χ1v) is 7.44. The molecule has 19 heavy (non-hydrogen) atoms. The van der Waals surface area contributed by atoms with Crippen molar-refractivity contribution in [1.82, 2.24) is 9.80 Å². The maximum Gasteiger partial charge on any atom is 0.236 e. The van der Waals surface area contributed by atoms with E-state index in [1.807, 2.05) is 11.8 Å². The second-order valence-electron chi connectivity index (χ2n) is 6.34. The maximum absolute atomic E-state index is 12.3. The van der Waals surface area contributed by atoms with Crippen molar-refractivity contribution in [2.75, 3.05) is 32.7 Å². The van der Waals surface area contributed by atoms with Crippen LogP contribution in [-0.2, 0) is 4.79 Å². The second-order valence-corrected chi connectivity index (χ2v) is 6.34. The minimum absolute atomic E-state index is 0.202. The molecular formula is C14H27N3O2. The molecule has 0 radical (unpaired) electrons. The van der Waals surface area contributed by atoms with Crippen molar-refractivity contribution in [2.45, 2.75) is 50.7 Å². The lowest BCUT2D eigenvalue weighted by atomic mass is 9.98. The van der Waals surface area contributed by atoms with Gasteiger partial charge in [0, 0.05) is 32.2 Å². The lowest BCUT2D eigenvalue weighted by Crippen LogP contribution is -2.46. The molecule has 1 unspecified atom stereocenters. The van der Waals surface area contributed by atoms with Gasteiger partial charge in [-0.15, -0.1) is 0 Å². The van der Waals surface area contributed by atoms with E-state index in [-0.39, 0.29) is 5.91 Å². The third-order valence-corrected chi connectivity index (χ3v) is 4.41. The molecule has 3 N–H and O–H groups in total. The zero-order chi connectivity index (χ0) is 13.9. The summed E-state index contributed by atoms with van der Waals surface area (Å²) >= 11 is 0. The molecule has 2 saturated heterocycles. The van der Waals surface area contributed by atoms with Crippen LogP contribution in [-0.4, -0.2) is 65.2 Å². The lowest BCUT2D eigenvalue weighted by Gasteiger charge is -2.31. The van der Waals surface area contributed by atoms with Crippen LogP contribution in [0.3, 0.4) is 0 Å². The number of rotatable bonds is 2. The Hall–Kier alpha value is -0.650. The van der Waals surface area contributed by atoms with Crippen LogP contribution in [0.5, 0.6) is 0 Å². The first kappa shape index (κ1) is 14.8. The molecule has 110 valence electrons. The van der Waals surface area contributed by atoms with E-state index in [1.54, 1.807) is 0 Å².